The fourth-order valence-electron chi connectivity index (χ4n) is 4.22. The summed E-state index contributed by atoms with van der Waals surface area (Å²) in [4.78, 5) is 12.4. The quantitative estimate of drug-likeness (QED) is 0.782. The van der Waals surface area contributed by atoms with E-state index in [2.05, 4.69) is 27.7 Å². The van der Waals surface area contributed by atoms with Crippen molar-refractivity contribution in [1.29, 1.82) is 0 Å². The number of aliphatic hydroxyl groups is 1. The zero-order valence-electron chi connectivity index (χ0n) is 10.9. The summed E-state index contributed by atoms with van der Waals surface area (Å²) in [5.74, 6) is 2.00. The van der Waals surface area contributed by atoms with Crippen LogP contribution in [0.2, 0.25) is 0 Å². The number of Topliss-reactive ketones (excluding diaryl/α,β-unsaturated/α-hetero) is 1. The Labute approximate surface area is 98.4 Å². The van der Waals surface area contributed by atoms with Crippen LogP contribution in [0.5, 0.6) is 0 Å². The summed E-state index contributed by atoms with van der Waals surface area (Å²) in [6, 6.07) is 0. The number of carbonyl (C=O) groups excluding carboxylic acids is 1. The molecule has 5 atom stereocenters. The Kier molecular flexibility index (Phi) is 2.90. The molecule has 2 fully saturated rings. The molecule has 0 aliphatic heterocycles. The molecule has 0 saturated heterocycles. The largest absolute Gasteiger partial charge is 0.396 e. The molecule has 2 aliphatic carbocycles. The summed E-state index contributed by atoms with van der Waals surface area (Å²) in [5, 5.41) is 9.47. The van der Waals surface area contributed by atoms with Crippen LogP contribution < -0.4 is 0 Å². The first-order valence-corrected chi connectivity index (χ1v) is 6.58. The van der Waals surface area contributed by atoms with Crippen molar-refractivity contribution in [3.8, 4) is 0 Å². The third-order valence-corrected chi connectivity index (χ3v) is 5.56. The van der Waals surface area contributed by atoms with Crippen LogP contribution in [0.25, 0.3) is 0 Å². The highest BCUT2D eigenvalue weighted by Crippen LogP contribution is 2.59. The average Bonchev–Trinajstić information content (AvgIpc) is 2.33. The molecule has 92 valence electrons. The van der Waals surface area contributed by atoms with E-state index in [1.807, 2.05) is 0 Å². The molecular weight excluding hydrogens is 200 g/mol. The molecule has 2 heteroatoms. The predicted molar refractivity (Wildman–Crippen MR) is 63.9 cm³/mol. The molecule has 0 spiro atoms. The normalized spacial score (nSPS) is 47.8. The Morgan fingerprint density at radius 2 is 2.12 bits per heavy atom. The highest BCUT2D eigenvalue weighted by molar-refractivity contribution is 5.88. The lowest BCUT2D eigenvalue weighted by atomic mass is 9.61. The summed E-state index contributed by atoms with van der Waals surface area (Å²) >= 11 is 0. The minimum absolute atomic E-state index is 0.0426. The van der Waals surface area contributed by atoms with Crippen molar-refractivity contribution < 1.29 is 9.90 Å². The molecule has 0 radical (unpaired) electrons. The van der Waals surface area contributed by atoms with Crippen molar-refractivity contribution in [3.05, 3.63) is 0 Å². The van der Waals surface area contributed by atoms with Crippen LogP contribution in [0.1, 0.15) is 40.5 Å². The second-order valence-electron chi connectivity index (χ2n) is 6.40. The topological polar surface area (TPSA) is 37.3 Å². The van der Waals surface area contributed by atoms with E-state index in [4.69, 9.17) is 0 Å². The van der Waals surface area contributed by atoms with Gasteiger partial charge in [0, 0.05) is 11.8 Å². The maximum atomic E-state index is 12.4. The smallest absolute Gasteiger partial charge is 0.142 e. The first-order chi connectivity index (χ1) is 7.43. The summed E-state index contributed by atoms with van der Waals surface area (Å²) < 4.78 is 0. The van der Waals surface area contributed by atoms with Gasteiger partial charge in [-0.2, -0.15) is 0 Å². The van der Waals surface area contributed by atoms with Crippen LogP contribution in [0.3, 0.4) is 0 Å². The highest BCUT2D eigenvalue weighted by Gasteiger charge is 2.59. The van der Waals surface area contributed by atoms with Gasteiger partial charge in [0.15, 0.2) is 0 Å². The maximum Gasteiger partial charge on any atom is 0.142 e. The van der Waals surface area contributed by atoms with Crippen LogP contribution in [-0.4, -0.2) is 17.5 Å². The molecule has 16 heavy (non-hydrogen) atoms. The average molecular weight is 224 g/mol. The fraction of sp³-hybridized carbons (Fsp3) is 0.929. The zero-order valence-corrected chi connectivity index (χ0v) is 10.9. The van der Waals surface area contributed by atoms with E-state index in [1.165, 1.54) is 0 Å². The molecule has 0 aromatic carbocycles. The number of fused-ring (bicyclic) bond motifs is 2. The maximum absolute atomic E-state index is 12.4. The van der Waals surface area contributed by atoms with Crippen molar-refractivity contribution in [2.45, 2.75) is 40.5 Å². The van der Waals surface area contributed by atoms with Crippen molar-refractivity contribution >= 4 is 5.78 Å². The van der Waals surface area contributed by atoms with E-state index in [0.717, 1.165) is 12.8 Å². The third-order valence-electron chi connectivity index (χ3n) is 5.56. The van der Waals surface area contributed by atoms with Gasteiger partial charge in [0.25, 0.3) is 0 Å². The minimum atomic E-state index is -0.101. The van der Waals surface area contributed by atoms with Crippen molar-refractivity contribution in [2.24, 2.45) is 35.0 Å². The van der Waals surface area contributed by atoms with Crippen molar-refractivity contribution in [2.75, 3.05) is 6.61 Å². The second-order valence-corrected chi connectivity index (χ2v) is 6.40. The van der Waals surface area contributed by atoms with E-state index >= 15 is 0 Å². The second kappa shape index (κ2) is 3.83. The van der Waals surface area contributed by atoms with Crippen molar-refractivity contribution in [1.82, 2.24) is 0 Å². The number of hydrogen-bond donors (Lipinski definition) is 1. The Bertz CT molecular complexity index is 297. The third kappa shape index (κ3) is 1.38. The standard InChI is InChI=1S/C14H24O2/c1-8(2)10-5-6-14(4)9(3)12(10)13(16)11(14)7-15/h8-12,15H,5-7H2,1-4H3/t9-,10+,11+,12+,14+/m0/s1. The van der Waals surface area contributed by atoms with Gasteiger partial charge in [-0.3, -0.25) is 4.79 Å². The van der Waals surface area contributed by atoms with Crippen molar-refractivity contribution in [3.63, 3.8) is 0 Å². The van der Waals surface area contributed by atoms with Gasteiger partial charge in [0.1, 0.15) is 5.78 Å². The Morgan fingerprint density at radius 3 is 2.62 bits per heavy atom. The van der Waals surface area contributed by atoms with Gasteiger partial charge in [-0.1, -0.05) is 27.7 Å². The molecule has 1 N–H and O–H groups in total. The summed E-state index contributed by atoms with van der Waals surface area (Å²) in [6.45, 7) is 8.90. The van der Waals surface area contributed by atoms with Gasteiger partial charge < -0.3 is 5.11 Å². The Hall–Kier alpha value is -0.370. The van der Waals surface area contributed by atoms with E-state index in [1.54, 1.807) is 0 Å². The number of carbonyl (C=O) groups is 1. The number of rotatable bonds is 2. The molecule has 2 rings (SSSR count). The van der Waals surface area contributed by atoms with Crippen LogP contribution >= 0.6 is 0 Å². The van der Waals surface area contributed by atoms with Crippen LogP contribution in [0.4, 0.5) is 0 Å². The predicted octanol–water partition coefficient (Wildman–Crippen LogP) is 2.50. The Morgan fingerprint density at radius 1 is 1.50 bits per heavy atom. The SMILES string of the molecule is CC(C)[C@H]1CC[C@@]2(C)[C@H](CO)C(=O)[C@@H]1[C@@H]2C. The molecule has 0 unspecified atom stereocenters. The molecule has 2 bridgehead atoms. The number of aliphatic hydroxyl groups excluding tert-OH is 1. The highest BCUT2D eigenvalue weighted by atomic mass is 16.3. The number of ketones is 1. The van der Waals surface area contributed by atoms with Gasteiger partial charge in [-0.05, 0) is 36.0 Å². The van der Waals surface area contributed by atoms with Crippen LogP contribution in [0, 0.1) is 35.0 Å². The van der Waals surface area contributed by atoms with Crippen LogP contribution in [-0.2, 0) is 4.79 Å². The van der Waals surface area contributed by atoms with Gasteiger partial charge in [0.2, 0.25) is 0 Å². The van der Waals surface area contributed by atoms with E-state index in [0.29, 0.717) is 23.5 Å². The van der Waals surface area contributed by atoms with Gasteiger partial charge in [-0.15, -0.1) is 0 Å². The minimum Gasteiger partial charge on any atom is -0.396 e. The van der Waals surface area contributed by atoms with Gasteiger partial charge in [0.05, 0.1) is 6.61 Å². The molecule has 0 aromatic rings. The van der Waals surface area contributed by atoms with E-state index in [9.17, 15) is 9.90 Å². The molecule has 2 saturated carbocycles. The van der Waals surface area contributed by atoms with E-state index < -0.39 is 0 Å². The van der Waals surface area contributed by atoms with Gasteiger partial charge >= 0.3 is 0 Å². The Balaban J connectivity index is 2.35. The lowest BCUT2D eigenvalue weighted by molar-refractivity contribution is -0.127. The number of hydrogen-bond acceptors (Lipinski definition) is 2. The first-order valence-electron chi connectivity index (χ1n) is 6.58. The molecule has 2 nitrogen and oxygen atoms in total. The zero-order chi connectivity index (χ0) is 12.1. The molecular formula is C14H24O2. The molecule has 0 heterocycles. The molecule has 0 aromatic heterocycles. The monoisotopic (exact) mass is 224 g/mol. The molecule has 2 aliphatic rings. The summed E-state index contributed by atoms with van der Waals surface area (Å²) in [6.07, 6.45) is 2.26. The van der Waals surface area contributed by atoms with Gasteiger partial charge in [-0.25, -0.2) is 0 Å². The lowest BCUT2D eigenvalue weighted by Crippen LogP contribution is -2.37. The first kappa shape index (κ1) is 12.1. The summed E-state index contributed by atoms with van der Waals surface area (Å²) in [5.41, 5.74) is 0.0574. The molecule has 0 amide bonds. The van der Waals surface area contributed by atoms with Crippen LogP contribution in [0.15, 0.2) is 0 Å². The fourth-order valence-corrected chi connectivity index (χ4v) is 4.22. The lowest BCUT2D eigenvalue weighted by Gasteiger charge is -2.42. The van der Waals surface area contributed by atoms with E-state index in [-0.39, 0.29) is 23.9 Å². The summed E-state index contributed by atoms with van der Waals surface area (Å²) in [7, 11) is 0.